The predicted molar refractivity (Wildman–Crippen MR) is 78.1 cm³/mol. The highest BCUT2D eigenvalue weighted by atomic mass is 16.5. The molecule has 0 amide bonds. The van der Waals surface area contributed by atoms with Crippen molar-refractivity contribution in [1.82, 2.24) is 15.0 Å². The second-order valence-corrected chi connectivity index (χ2v) is 4.49. The number of ether oxygens (including phenoxy) is 1. The van der Waals surface area contributed by atoms with Crippen LogP contribution in [0.4, 0.5) is 17.8 Å². The third-order valence-corrected chi connectivity index (χ3v) is 2.52. The molecule has 1 N–H and O–H groups in total. The molecule has 1 aromatic rings. The first-order chi connectivity index (χ1) is 9.08. The SMILES string of the molecule is CCCNc1nc(N(C)C)nc(N(C)CCOC)n1. The Morgan fingerprint density at radius 3 is 2.37 bits per heavy atom. The number of aromatic nitrogens is 3. The van der Waals surface area contributed by atoms with Gasteiger partial charge in [-0.1, -0.05) is 6.92 Å². The summed E-state index contributed by atoms with van der Waals surface area (Å²) >= 11 is 0. The van der Waals surface area contributed by atoms with Crippen LogP contribution in [0.5, 0.6) is 0 Å². The van der Waals surface area contributed by atoms with E-state index in [9.17, 15) is 0 Å². The molecule has 0 bridgehead atoms. The molecule has 0 aliphatic carbocycles. The Labute approximate surface area is 115 Å². The number of nitrogens with one attached hydrogen (secondary N) is 1. The van der Waals surface area contributed by atoms with Crippen molar-refractivity contribution in [3.05, 3.63) is 0 Å². The van der Waals surface area contributed by atoms with E-state index in [4.69, 9.17) is 4.74 Å². The topological polar surface area (TPSA) is 66.4 Å². The van der Waals surface area contributed by atoms with E-state index < -0.39 is 0 Å². The zero-order valence-electron chi connectivity index (χ0n) is 12.5. The number of likely N-dealkylation sites (N-methyl/N-ethyl adjacent to an activating group) is 1. The molecule has 0 saturated heterocycles. The molecule has 0 saturated carbocycles. The van der Waals surface area contributed by atoms with Crippen LogP contribution in [-0.2, 0) is 4.74 Å². The number of hydrogen-bond donors (Lipinski definition) is 1. The van der Waals surface area contributed by atoms with Crippen LogP contribution in [0.15, 0.2) is 0 Å². The van der Waals surface area contributed by atoms with E-state index in [0.717, 1.165) is 19.5 Å². The Hall–Kier alpha value is -1.63. The molecule has 1 rings (SSSR count). The highest BCUT2D eigenvalue weighted by Crippen LogP contribution is 2.14. The molecule has 0 radical (unpaired) electrons. The van der Waals surface area contributed by atoms with Crippen molar-refractivity contribution in [1.29, 1.82) is 0 Å². The molecule has 1 heterocycles. The summed E-state index contributed by atoms with van der Waals surface area (Å²) in [5, 5.41) is 3.19. The van der Waals surface area contributed by atoms with E-state index in [2.05, 4.69) is 27.2 Å². The second-order valence-electron chi connectivity index (χ2n) is 4.49. The monoisotopic (exact) mass is 268 g/mol. The van der Waals surface area contributed by atoms with Crippen LogP contribution in [0.2, 0.25) is 0 Å². The van der Waals surface area contributed by atoms with Crippen LogP contribution < -0.4 is 15.1 Å². The van der Waals surface area contributed by atoms with Crippen molar-refractivity contribution in [2.75, 3.05) is 63.1 Å². The molecule has 7 heteroatoms. The number of methoxy groups -OCH3 is 1. The van der Waals surface area contributed by atoms with E-state index in [0.29, 0.717) is 24.5 Å². The van der Waals surface area contributed by atoms with Gasteiger partial charge in [-0.3, -0.25) is 0 Å². The van der Waals surface area contributed by atoms with Crippen molar-refractivity contribution in [3.63, 3.8) is 0 Å². The summed E-state index contributed by atoms with van der Waals surface area (Å²) in [5.74, 6) is 1.90. The summed E-state index contributed by atoms with van der Waals surface area (Å²) in [7, 11) is 7.45. The van der Waals surface area contributed by atoms with Gasteiger partial charge in [0.2, 0.25) is 17.8 Å². The fraction of sp³-hybridized carbons (Fsp3) is 0.750. The van der Waals surface area contributed by atoms with Crippen molar-refractivity contribution in [2.24, 2.45) is 0 Å². The zero-order chi connectivity index (χ0) is 14.3. The lowest BCUT2D eigenvalue weighted by Gasteiger charge is -2.19. The number of rotatable bonds is 8. The molecule has 0 unspecified atom stereocenters. The van der Waals surface area contributed by atoms with Crippen molar-refractivity contribution < 1.29 is 4.74 Å². The quantitative estimate of drug-likeness (QED) is 0.749. The fourth-order valence-corrected chi connectivity index (χ4v) is 1.37. The number of nitrogens with zero attached hydrogens (tertiary/aromatic N) is 5. The van der Waals surface area contributed by atoms with E-state index in [1.54, 1.807) is 7.11 Å². The van der Waals surface area contributed by atoms with Gasteiger partial charge in [-0.05, 0) is 6.42 Å². The van der Waals surface area contributed by atoms with E-state index in [-0.39, 0.29) is 0 Å². The predicted octanol–water partition coefficient (Wildman–Crippen LogP) is 0.842. The summed E-state index contributed by atoms with van der Waals surface area (Å²) < 4.78 is 5.07. The van der Waals surface area contributed by atoms with Crippen LogP contribution in [0.1, 0.15) is 13.3 Å². The summed E-state index contributed by atoms with van der Waals surface area (Å²) in [6.45, 7) is 4.32. The Morgan fingerprint density at radius 2 is 1.79 bits per heavy atom. The van der Waals surface area contributed by atoms with Gasteiger partial charge in [0, 0.05) is 41.3 Å². The third kappa shape index (κ3) is 4.86. The molecule has 0 aromatic carbocycles. The molecule has 0 spiro atoms. The van der Waals surface area contributed by atoms with Gasteiger partial charge in [-0.25, -0.2) is 0 Å². The molecule has 0 aliphatic rings. The first-order valence-corrected chi connectivity index (χ1v) is 6.45. The third-order valence-electron chi connectivity index (χ3n) is 2.52. The Balaban J connectivity index is 2.91. The van der Waals surface area contributed by atoms with Gasteiger partial charge in [-0.15, -0.1) is 0 Å². The van der Waals surface area contributed by atoms with Crippen molar-refractivity contribution in [3.8, 4) is 0 Å². The highest BCUT2D eigenvalue weighted by Gasteiger charge is 2.11. The number of anilines is 3. The van der Waals surface area contributed by atoms with Crippen LogP contribution in [0.3, 0.4) is 0 Å². The largest absolute Gasteiger partial charge is 0.383 e. The molecule has 0 aliphatic heterocycles. The molecule has 1 aromatic heterocycles. The highest BCUT2D eigenvalue weighted by molar-refractivity contribution is 5.44. The molecule has 19 heavy (non-hydrogen) atoms. The van der Waals surface area contributed by atoms with E-state index >= 15 is 0 Å². The summed E-state index contributed by atoms with van der Waals surface area (Å²) in [6, 6.07) is 0. The Kier molecular flexibility index (Phi) is 6.27. The summed E-state index contributed by atoms with van der Waals surface area (Å²) in [4.78, 5) is 17.0. The zero-order valence-corrected chi connectivity index (χ0v) is 12.5. The smallest absolute Gasteiger partial charge is 0.231 e. The van der Waals surface area contributed by atoms with Crippen molar-refractivity contribution >= 4 is 17.8 Å². The number of hydrogen-bond acceptors (Lipinski definition) is 7. The lowest BCUT2D eigenvalue weighted by molar-refractivity contribution is 0.206. The minimum Gasteiger partial charge on any atom is -0.383 e. The van der Waals surface area contributed by atoms with Crippen LogP contribution in [0, 0.1) is 0 Å². The molecule has 0 fully saturated rings. The lowest BCUT2D eigenvalue weighted by atomic mass is 10.5. The van der Waals surface area contributed by atoms with E-state index in [1.807, 2.05) is 30.9 Å². The van der Waals surface area contributed by atoms with Gasteiger partial charge in [-0.2, -0.15) is 15.0 Å². The molecule has 108 valence electrons. The van der Waals surface area contributed by atoms with Crippen molar-refractivity contribution in [2.45, 2.75) is 13.3 Å². The maximum atomic E-state index is 5.07. The standard InChI is InChI=1S/C12H24N6O/c1-6-7-13-10-14-11(17(2)3)16-12(15-10)18(4)8-9-19-5/h6-9H2,1-5H3,(H,13,14,15,16). The van der Waals surface area contributed by atoms with Gasteiger partial charge in [0.1, 0.15) is 0 Å². The van der Waals surface area contributed by atoms with E-state index in [1.165, 1.54) is 0 Å². The normalized spacial score (nSPS) is 10.4. The van der Waals surface area contributed by atoms with Gasteiger partial charge in [0.05, 0.1) is 6.61 Å². The van der Waals surface area contributed by atoms with Crippen LogP contribution in [-0.4, -0.2) is 62.9 Å². The molecular weight excluding hydrogens is 244 g/mol. The molecule has 0 atom stereocenters. The first kappa shape index (κ1) is 15.4. The average Bonchev–Trinajstić information content (AvgIpc) is 2.42. The van der Waals surface area contributed by atoms with Gasteiger partial charge < -0.3 is 19.9 Å². The second kappa shape index (κ2) is 7.73. The van der Waals surface area contributed by atoms with Gasteiger partial charge in [0.25, 0.3) is 0 Å². The lowest BCUT2D eigenvalue weighted by Crippen LogP contribution is -2.26. The fourth-order valence-electron chi connectivity index (χ4n) is 1.37. The average molecular weight is 268 g/mol. The molecular formula is C12H24N6O. The van der Waals surface area contributed by atoms with Gasteiger partial charge >= 0.3 is 0 Å². The molecule has 7 nitrogen and oxygen atoms in total. The van der Waals surface area contributed by atoms with Crippen LogP contribution in [0.25, 0.3) is 0 Å². The summed E-state index contributed by atoms with van der Waals surface area (Å²) in [6.07, 6.45) is 1.03. The maximum Gasteiger partial charge on any atom is 0.231 e. The summed E-state index contributed by atoms with van der Waals surface area (Å²) in [5.41, 5.74) is 0. The van der Waals surface area contributed by atoms with Crippen LogP contribution >= 0.6 is 0 Å². The minimum atomic E-state index is 0.611. The first-order valence-electron chi connectivity index (χ1n) is 6.45. The van der Waals surface area contributed by atoms with Gasteiger partial charge in [0.15, 0.2) is 0 Å². The maximum absolute atomic E-state index is 5.07. The Morgan fingerprint density at radius 1 is 1.11 bits per heavy atom. The Bertz CT molecular complexity index is 384. The minimum absolute atomic E-state index is 0.611.